The lowest BCUT2D eigenvalue weighted by Crippen LogP contribution is -2.33. The van der Waals surface area contributed by atoms with Crippen molar-refractivity contribution in [1.82, 2.24) is 0 Å². The quantitative estimate of drug-likeness (QED) is 0.0362. The summed E-state index contributed by atoms with van der Waals surface area (Å²) in [5.74, 6) is 2.44. The van der Waals surface area contributed by atoms with Gasteiger partial charge in [-0.2, -0.15) is 0 Å². The van der Waals surface area contributed by atoms with E-state index in [1.165, 1.54) is 22.3 Å². The van der Waals surface area contributed by atoms with E-state index in [9.17, 15) is 20.4 Å². The molecule has 10 heteroatoms. The van der Waals surface area contributed by atoms with Gasteiger partial charge < -0.3 is 30.2 Å². The zero-order valence-electron chi connectivity index (χ0n) is 30.1. The van der Waals surface area contributed by atoms with Crippen molar-refractivity contribution in [3.63, 3.8) is 0 Å². The molecule has 1 atom stereocenters. The van der Waals surface area contributed by atoms with Crippen molar-refractivity contribution in [3.8, 4) is 0 Å². The first-order chi connectivity index (χ1) is 24.5. The van der Waals surface area contributed by atoms with E-state index < -0.39 is 0 Å². The monoisotopic (exact) mass is 723 g/mol. The lowest BCUT2D eigenvalue weighted by molar-refractivity contribution is -0.692. The molecule has 0 aliphatic heterocycles. The first kappa shape index (κ1) is 41.6. The van der Waals surface area contributed by atoms with Crippen molar-refractivity contribution in [3.05, 3.63) is 101 Å². The molecule has 0 saturated carbocycles. The van der Waals surface area contributed by atoms with Gasteiger partial charge in [-0.25, -0.2) is 4.57 Å². The van der Waals surface area contributed by atoms with Gasteiger partial charge in [0.2, 0.25) is 0 Å². The van der Waals surface area contributed by atoms with Crippen LogP contribution in [0.4, 0.5) is 11.4 Å². The number of aliphatic hydroxyl groups is 4. The Balaban J connectivity index is 1.32. The van der Waals surface area contributed by atoms with Crippen molar-refractivity contribution in [2.24, 2.45) is 4.99 Å². The zero-order chi connectivity index (χ0) is 35.8. The molecule has 1 aromatic heterocycles. The highest BCUT2D eigenvalue weighted by Gasteiger charge is 2.11. The van der Waals surface area contributed by atoms with Crippen LogP contribution >= 0.6 is 21.6 Å². The van der Waals surface area contributed by atoms with Crippen LogP contribution in [0.3, 0.4) is 0 Å². The number of benzene rings is 2. The van der Waals surface area contributed by atoms with Gasteiger partial charge in [0.25, 0.3) is 0 Å². The van der Waals surface area contributed by atoms with E-state index >= 15 is 0 Å². The molecule has 2 aromatic carbocycles. The average molecular weight is 724 g/mol. The van der Waals surface area contributed by atoms with Crippen LogP contribution in [0.15, 0.2) is 89.7 Å². The number of aromatic nitrogens is 1. The Bertz CT molecular complexity index is 1360. The number of anilines is 2. The topological polar surface area (TPSA) is 104 Å². The SMILES string of the molecule is CCC/C(=C\C=NCCSSCC[n+]1ccc(CC(C)c2ccc(N(CCO)CCO)cc2)cc1)CCc1ccc(N(CCO)CCO)cc1. The van der Waals surface area contributed by atoms with Gasteiger partial charge in [-0.15, -0.1) is 0 Å². The first-order valence-corrected chi connectivity index (χ1v) is 20.5. The van der Waals surface area contributed by atoms with Gasteiger partial charge in [0.1, 0.15) is 0 Å². The molecule has 0 aliphatic carbocycles. The highest BCUT2D eigenvalue weighted by atomic mass is 33.1. The fraction of sp³-hybridized carbons (Fsp3) is 0.500. The molecule has 0 fully saturated rings. The number of nitrogens with zero attached hydrogens (tertiary/aromatic N) is 4. The van der Waals surface area contributed by atoms with Gasteiger partial charge in [-0.3, -0.25) is 4.99 Å². The summed E-state index contributed by atoms with van der Waals surface area (Å²) >= 11 is 0. The van der Waals surface area contributed by atoms with Crippen LogP contribution < -0.4 is 14.4 Å². The second-order valence-electron chi connectivity index (χ2n) is 12.5. The number of hydrogen-bond acceptors (Lipinski definition) is 9. The lowest BCUT2D eigenvalue weighted by atomic mass is 9.94. The minimum absolute atomic E-state index is 0.0681. The van der Waals surface area contributed by atoms with Crippen molar-refractivity contribution < 1.29 is 25.0 Å². The molecule has 274 valence electrons. The van der Waals surface area contributed by atoms with E-state index in [0.717, 1.165) is 68.1 Å². The molecule has 4 N–H and O–H groups in total. The maximum Gasteiger partial charge on any atom is 0.169 e. The largest absolute Gasteiger partial charge is 0.395 e. The Labute approximate surface area is 308 Å². The Morgan fingerprint density at radius 1 is 0.740 bits per heavy atom. The fourth-order valence-corrected chi connectivity index (χ4v) is 7.71. The van der Waals surface area contributed by atoms with Crippen molar-refractivity contribution in [2.75, 3.05) is 80.5 Å². The first-order valence-electron chi connectivity index (χ1n) is 18.0. The van der Waals surface area contributed by atoms with E-state index in [4.69, 9.17) is 0 Å². The zero-order valence-corrected chi connectivity index (χ0v) is 31.7. The summed E-state index contributed by atoms with van der Waals surface area (Å²) < 4.78 is 2.25. The van der Waals surface area contributed by atoms with Gasteiger partial charge in [0.15, 0.2) is 18.9 Å². The molecular formula is C40H59N4O4S2+. The van der Waals surface area contributed by atoms with Crippen molar-refractivity contribution >= 4 is 39.2 Å². The van der Waals surface area contributed by atoms with Gasteiger partial charge in [-0.1, -0.05) is 71.7 Å². The molecule has 8 nitrogen and oxygen atoms in total. The van der Waals surface area contributed by atoms with Crippen LogP contribution in [0.1, 0.15) is 55.7 Å². The molecule has 0 aliphatic rings. The summed E-state index contributed by atoms with van der Waals surface area (Å²) in [7, 11) is 3.79. The lowest BCUT2D eigenvalue weighted by Gasteiger charge is -2.23. The number of aliphatic hydroxyl groups excluding tert-OH is 4. The van der Waals surface area contributed by atoms with Crippen LogP contribution in [0.5, 0.6) is 0 Å². The highest BCUT2D eigenvalue weighted by Crippen LogP contribution is 2.24. The van der Waals surface area contributed by atoms with Crippen LogP contribution in [-0.2, 0) is 19.4 Å². The summed E-state index contributed by atoms with van der Waals surface area (Å²) in [6.45, 7) is 8.63. The van der Waals surface area contributed by atoms with Gasteiger partial charge >= 0.3 is 0 Å². The number of hydrogen-bond donors (Lipinski definition) is 4. The molecule has 0 amide bonds. The maximum absolute atomic E-state index is 9.31. The third-order valence-corrected chi connectivity index (χ3v) is 11.0. The second-order valence-corrected chi connectivity index (χ2v) is 15.2. The van der Waals surface area contributed by atoms with Gasteiger partial charge in [0, 0.05) is 68.2 Å². The number of allylic oxidation sites excluding steroid dienone is 2. The third-order valence-electron chi connectivity index (χ3n) is 8.65. The van der Waals surface area contributed by atoms with E-state index in [0.29, 0.717) is 32.1 Å². The number of aliphatic imine (C=N–C) groups is 1. The predicted octanol–water partition coefficient (Wildman–Crippen LogP) is 5.71. The normalized spacial score (nSPS) is 12.5. The summed E-state index contributed by atoms with van der Waals surface area (Å²) in [5.41, 5.74) is 7.39. The molecule has 3 rings (SSSR count). The van der Waals surface area contributed by atoms with Crippen LogP contribution in [0.2, 0.25) is 0 Å². The molecule has 50 heavy (non-hydrogen) atoms. The molecule has 0 radical (unpaired) electrons. The number of pyridine rings is 1. The Hall–Kier alpha value is -2.86. The van der Waals surface area contributed by atoms with Crippen molar-refractivity contribution in [1.29, 1.82) is 0 Å². The smallest absolute Gasteiger partial charge is 0.169 e. The van der Waals surface area contributed by atoms with Gasteiger partial charge in [0.05, 0.1) is 32.2 Å². The molecule has 0 spiro atoms. The Morgan fingerprint density at radius 3 is 1.86 bits per heavy atom. The third kappa shape index (κ3) is 15.6. The van der Waals surface area contributed by atoms with Gasteiger partial charge in [-0.05, 0) is 78.6 Å². The molecule has 0 bridgehead atoms. The van der Waals surface area contributed by atoms with E-state index in [1.54, 1.807) is 0 Å². The van der Waals surface area contributed by atoms with E-state index in [-0.39, 0.29) is 26.4 Å². The average Bonchev–Trinajstić information content (AvgIpc) is 3.14. The highest BCUT2D eigenvalue weighted by molar-refractivity contribution is 8.76. The second kappa shape index (κ2) is 25.2. The maximum atomic E-state index is 9.31. The molecule has 3 aromatic rings. The minimum atomic E-state index is 0.0681. The van der Waals surface area contributed by atoms with Crippen LogP contribution in [0, 0.1) is 0 Å². The summed E-state index contributed by atoms with van der Waals surface area (Å²) in [4.78, 5) is 8.64. The summed E-state index contributed by atoms with van der Waals surface area (Å²) in [6.07, 6.45) is 13.7. The van der Waals surface area contributed by atoms with Crippen LogP contribution in [-0.4, -0.2) is 97.3 Å². The van der Waals surface area contributed by atoms with Crippen molar-refractivity contribution in [2.45, 2.75) is 58.4 Å². The Morgan fingerprint density at radius 2 is 1.30 bits per heavy atom. The Kier molecular flexibility index (Phi) is 20.9. The molecule has 0 saturated heterocycles. The summed E-state index contributed by atoms with van der Waals surface area (Å²) in [5, 5.41) is 37.2. The van der Waals surface area contributed by atoms with E-state index in [1.807, 2.05) is 37.6 Å². The number of aryl methyl sites for hydroxylation is 2. The predicted molar refractivity (Wildman–Crippen MR) is 214 cm³/mol. The molecule has 1 heterocycles. The molecular weight excluding hydrogens is 665 g/mol. The van der Waals surface area contributed by atoms with Crippen LogP contribution in [0.25, 0.3) is 0 Å². The van der Waals surface area contributed by atoms with E-state index in [2.05, 4.69) is 103 Å². The standard InChI is InChI=1S/C40H59N4O4S2/c1-3-4-35(5-6-36-7-11-39(12-8-36)43(22-27-45)23-28-46)15-18-41-19-31-49-50-32-26-42-20-16-37(17-21-42)33-34(2)38-9-13-40(14-10-38)44(24-29-47)25-30-48/h7-18,20-21,34,45-48H,3-6,19,22-33H2,1-2H3/q+1/b35-15+,41-18?. The minimum Gasteiger partial charge on any atom is -0.395 e. The number of rotatable bonds is 26. The fourth-order valence-electron chi connectivity index (χ4n) is 5.86. The summed E-state index contributed by atoms with van der Waals surface area (Å²) in [6, 6.07) is 21.4. The molecule has 1 unspecified atom stereocenters.